The Labute approximate surface area is 161 Å². The first-order chi connectivity index (χ1) is 13.0. The molecule has 0 aliphatic carbocycles. The largest absolute Gasteiger partial charge is 0.467 e. The molecule has 27 heavy (non-hydrogen) atoms. The van der Waals surface area contributed by atoms with Gasteiger partial charge in [0.1, 0.15) is 5.82 Å². The fourth-order valence-corrected chi connectivity index (χ4v) is 2.46. The molecule has 0 aliphatic heterocycles. The highest BCUT2D eigenvalue weighted by molar-refractivity contribution is 6.30. The van der Waals surface area contributed by atoms with Gasteiger partial charge in [0.05, 0.1) is 0 Å². The lowest BCUT2D eigenvalue weighted by atomic mass is 10.2. The molecule has 1 aromatic heterocycles. The molecular formula is C20H17ClFN3O2. The minimum absolute atomic E-state index is 0.183. The molecule has 0 bridgehead atoms. The summed E-state index contributed by atoms with van der Waals surface area (Å²) in [6.07, 6.45) is 0. The second kappa shape index (κ2) is 8.60. The maximum absolute atomic E-state index is 12.9. The predicted octanol–water partition coefficient (Wildman–Crippen LogP) is 3.94. The summed E-state index contributed by atoms with van der Waals surface area (Å²) in [5.74, 6) is 0.186. The molecule has 0 unspecified atom stereocenters. The van der Waals surface area contributed by atoms with Crippen LogP contribution >= 0.6 is 11.6 Å². The lowest BCUT2D eigenvalue weighted by molar-refractivity contribution is -0.123. The highest BCUT2D eigenvalue weighted by Gasteiger charge is 2.08. The van der Waals surface area contributed by atoms with E-state index in [1.807, 2.05) is 19.1 Å². The van der Waals surface area contributed by atoms with E-state index >= 15 is 0 Å². The summed E-state index contributed by atoms with van der Waals surface area (Å²) in [4.78, 5) is 20.7. The predicted molar refractivity (Wildman–Crippen MR) is 101 cm³/mol. The molecule has 3 aromatic rings. The second-order valence-electron chi connectivity index (χ2n) is 5.87. The Bertz CT molecular complexity index is 931. The molecule has 0 fully saturated rings. The zero-order valence-electron chi connectivity index (χ0n) is 14.6. The van der Waals surface area contributed by atoms with Gasteiger partial charge in [-0.2, -0.15) is 4.98 Å². The fourth-order valence-electron chi connectivity index (χ4n) is 2.34. The summed E-state index contributed by atoms with van der Waals surface area (Å²) < 4.78 is 18.4. The number of hydrogen-bond acceptors (Lipinski definition) is 4. The Balaban J connectivity index is 1.59. The number of benzene rings is 2. The van der Waals surface area contributed by atoms with E-state index in [-0.39, 0.29) is 18.3 Å². The van der Waals surface area contributed by atoms with E-state index in [1.54, 1.807) is 30.3 Å². The van der Waals surface area contributed by atoms with Crippen molar-refractivity contribution in [1.29, 1.82) is 0 Å². The number of nitrogens with zero attached hydrogens (tertiary/aromatic N) is 2. The van der Waals surface area contributed by atoms with E-state index in [9.17, 15) is 9.18 Å². The first-order valence-corrected chi connectivity index (χ1v) is 8.63. The number of amides is 1. The molecule has 3 rings (SSSR count). The molecule has 0 aliphatic rings. The van der Waals surface area contributed by atoms with Crippen LogP contribution in [-0.4, -0.2) is 22.5 Å². The van der Waals surface area contributed by atoms with E-state index in [4.69, 9.17) is 16.3 Å². The van der Waals surface area contributed by atoms with Crippen LogP contribution in [0, 0.1) is 12.7 Å². The van der Waals surface area contributed by atoms with E-state index in [2.05, 4.69) is 15.3 Å². The van der Waals surface area contributed by atoms with Crippen molar-refractivity contribution in [2.75, 3.05) is 6.61 Å². The molecule has 1 amide bonds. The third-order valence-electron chi connectivity index (χ3n) is 3.69. The summed E-state index contributed by atoms with van der Waals surface area (Å²) in [5, 5.41) is 3.34. The van der Waals surface area contributed by atoms with Crippen LogP contribution in [0.4, 0.5) is 4.39 Å². The van der Waals surface area contributed by atoms with Crippen molar-refractivity contribution in [2.24, 2.45) is 0 Å². The van der Waals surface area contributed by atoms with E-state index in [1.165, 1.54) is 12.1 Å². The minimum Gasteiger partial charge on any atom is -0.467 e. The van der Waals surface area contributed by atoms with E-state index in [0.717, 1.165) is 16.8 Å². The molecule has 0 saturated heterocycles. The van der Waals surface area contributed by atoms with Gasteiger partial charge >= 0.3 is 0 Å². The SMILES string of the molecule is Cc1cc(OCC(=O)NCc2ccc(F)cc2)nc(-c2ccc(Cl)cc2)n1. The molecule has 0 radical (unpaired) electrons. The van der Waals surface area contributed by atoms with Crippen LogP contribution in [0.5, 0.6) is 5.88 Å². The normalized spacial score (nSPS) is 10.5. The molecule has 2 aromatic carbocycles. The van der Waals surface area contributed by atoms with Gasteiger partial charge in [-0.1, -0.05) is 23.7 Å². The van der Waals surface area contributed by atoms with Crippen molar-refractivity contribution in [3.8, 4) is 17.3 Å². The van der Waals surface area contributed by atoms with Gasteiger partial charge in [-0.05, 0) is 48.9 Å². The third-order valence-corrected chi connectivity index (χ3v) is 3.94. The number of aromatic nitrogens is 2. The lowest BCUT2D eigenvalue weighted by Crippen LogP contribution is -2.28. The maximum atomic E-state index is 12.9. The van der Waals surface area contributed by atoms with E-state index < -0.39 is 0 Å². The molecular weight excluding hydrogens is 369 g/mol. The molecule has 1 N–H and O–H groups in total. The summed E-state index contributed by atoms with van der Waals surface area (Å²) in [7, 11) is 0. The first kappa shape index (κ1) is 18.8. The lowest BCUT2D eigenvalue weighted by Gasteiger charge is -2.09. The van der Waals surface area contributed by atoms with Crippen molar-refractivity contribution in [2.45, 2.75) is 13.5 Å². The van der Waals surface area contributed by atoms with Crippen LogP contribution in [0.2, 0.25) is 5.02 Å². The van der Waals surface area contributed by atoms with E-state index in [0.29, 0.717) is 23.3 Å². The van der Waals surface area contributed by atoms with Gasteiger partial charge in [-0.25, -0.2) is 9.37 Å². The van der Waals surface area contributed by atoms with Gasteiger partial charge in [-0.3, -0.25) is 4.79 Å². The number of ether oxygens (including phenoxy) is 1. The summed E-state index contributed by atoms with van der Waals surface area (Å²) in [5.41, 5.74) is 2.32. The van der Waals surface area contributed by atoms with Gasteiger partial charge in [-0.15, -0.1) is 0 Å². The van der Waals surface area contributed by atoms with Gasteiger partial charge in [0.15, 0.2) is 12.4 Å². The monoisotopic (exact) mass is 385 g/mol. The number of carbonyl (C=O) groups excluding carboxylic acids is 1. The number of carbonyl (C=O) groups is 1. The van der Waals surface area contributed by atoms with Crippen molar-refractivity contribution in [3.05, 3.63) is 76.7 Å². The highest BCUT2D eigenvalue weighted by Crippen LogP contribution is 2.21. The number of hydrogen-bond donors (Lipinski definition) is 1. The fraction of sp³-hybridized carbons (Fsp3) is 0.150. The Hall–Kier alpha value is -2.99. The number of halogens is 2. The Morgan fingerprint density at radius 3 is 2.52 bits per heavy atom. The van der Waals surface area contributed by atoms with Crippen LogP contribution in [0.25, 0.3) is 11.4 Å². The topological polar surface area (TPSA) is 64.1 Å². The summed E-state index contributed by atoms with van der Waals surface area (Å²) in [6.45, 7) is 1.93. The van der Waals surface area contributed by atoms with Crippen molar-refractivity contribution >= 4 is 17.5 Å². The number of nitrogens with one attached hydrogen (secondary N) is 1. The van der Waals surface area contributed by atoms with Gasteiger partial charge in [0.2, 0.25) is 5.88 Å². The van der Waals surface area contributed by atoms with Gasteiger partial charge < -0.3 is 10.1 Å². The number of rotatable bonds is 6. The van der Waals surface area contributed by atoms with Crippen LogP contribution in [0.3, 0.4) is 0 Å². The number of aryl methyl sites for hydroxylation is 1. The zero-order valence-corrected chi connectivity index (χ0v) is 15.3. The summed E-state index contributed by atoms with van der Waals surface area (Å²) in [6, 6.07) is 14.7. The van der Waals surface area contributed by atoms with Crippen LogP contribution < -0.4 is 10.1 Å². The van der Waals surface area contributed by atoms with Gasteiger partial charge in [0, 0.05) is 28.9 Å². The molecule has 7 heteroatoms. The minimum atomic E-state index is -0.316. The van der Waals surface area contributed by atoms with Crippen LogP contribution in [-0.2, 0) is 11.3 Å². The third kappa shape index (κ3) is 5.49. The average molecular weight is 386 g/mol. The van der Waals surface area contributed by atoms with Crippen LogP contribution in [0.15, 0.2) is 54.6 Å². The van der Waals surface area contributed by atoms with Crippen molar-refractivity contribution < 1.29 is 13.9 Å². The molecule has 1 heterocycles. The average Bonchev–Trinajstić information content (AvgIpc) is 2.66. The van der Waals surface area contributed by atoms with Crippen LogP contribution in [0.1, 0.15) is 11.3 Å². The standard InChI is InChI=1S/C20H17ClFN3O2/c1-13-10-19(25-20(24-13)15-4-6-16(21)7-5-15)27-12-18(26)23-11-14-2-8-17(22)9-3-14/h2-10H,11-12H2,1H3,(H,23,26). The second-order valence-corrected chi connectivity index (χ2v) is 6.31. The summed E-state index contributed by atoms with van der Waals surface area (Å²) >= 11 is 5.90. The molecule has 0 saturated carbocycles. The zero-order chi connectivity index (χ0) is 19.2. The first-order valence-electron chi connectivity index (χ1n) is 8.25. The Kier molecular flexibility index (Phi) is 5.98. The molecule has 5 nitrogen and oxygen atoms in total. The Morgan fingerprint density at radius 1 is 1.11 bits per heavy atom. The maximum Gasteiger partial charge on any atom is 0.258 e. The van der Waals surface area contributed by atoms with Gasteiger partial charge in [0.25, 0.3) is 5.91 Å². The van der Waals surface area contributed by atoms with Crippen molar-refractivity contribution in [3.63, 3.8) is 0 Å². The quantitative estimate of drug-likeness (QED) is 0.698. The van der Waals surface area contributed by atoms with Crippen molar-refractivity contribution in [1.82, 2.24) is 15.3 Å². The molecule has 138 valence electrons. The molecule has 0 atom stereocenters. The smallest absolute Gasteiger partial charge is 0.258 e. The Morgan fingerprint density at radius 2 is 1.81 bits per heavy atom. The highest BCUT2D eigenvalue weighted by atomic mass is 35.5. The molecule has 0 spiro atoms.